The molecule has 1 saturated heterocycles. The van der Waals surface area contributed by atoms with Crippen molar-refractivity contribution in [1.82, 2.24) is 10.2 Å². The van der Waals surface area contributed by atoms with Gasteiger partial charge >= 0.3 is 12.1 Å². The molecule has 0 spiro atoms. The molecule has 2 aliphatic rings. The Labute approximate surface area is 274 Å². The van der Waals surface area contributed by atoms with Crippen molar-refractivity contribution in [3.63, 3.8) is 0 Å². The molecular formula is C36H44FN3O7. The molecule has 0 unspecified atom stereocenters. The molecule has 1 aromatic heterocycles. The van der Waals surface area contributed by atoms with Crippen LogP contribution in [0, 0.1) is 11.8 Å². The number of alkyl halides is 1. The Bertz CT molecular complexity index is 1580. The zero-order valence-electron chi connectivity index (χ0n) is 27.4. The largest absolute Gasteiger partial charge is 0.460 e. The molecule has 2 fully saturated rings. The molecule has 3 aromatic rings. The topological polar surface area (TPSA) is 127 Å². The number of esters is 1. The van der Waals surface area contributed by atoms with E-state index in [1.807, 2.05) is 30.3 Å². The predicted octanol–water partition coefficient (Wildman–Crippen LogP) is 6.60. The number of anilines is 1. The molecule has 1 aliphatic carbocycles. The quantitative estimate of drug-likeness (QED) is 0.250. The number of halogens is 1. The summed E-state index contributed by atoms with van der Waals surface area (Å²) < 4.78 is 30.0. The predicted molar refractivity (Wildman–Crippen MR) is 175 cm³/mol. The Morgan fingerprint density at radius 1 is 1.00 bits per heavy atom. The number of fused-ring (bicyclic) bond motifs is 1. The normalized spacial score (nSPS) is 22.0. The van der Waals surface area contributed by atoms with Crippen LogP contribution in [0.4, 0.5) is 14.9 Å². The number of amides is 3. The van der Waals surface area contributed by atoms with Crippen molar-refractivity contribution in [2.45, 2.75) is 83.4 Å². The standard InChI is InChI=1S/C36H44FN3O7/c1-5-45-34(43)30-20-25-19-26(15-16-29(25)46-30)38-32(41)31-27(22-9-7-6-8-10-22)17-18-40(31)33(42)24-13-11-23(12-14-24)28(21-37)39-35(44)47-36(2,3)4/h6-10,15-16,19-20,23-24,27-28,31H,5,11-14,17-18,21H2,1-4H3,(H,38,41)(H,39,44)/t23?,24?,27-,28+,31-/m0/s1. The van der Waals surface area contributed by atoms with Crippen LogP contribution in [0.15, 0.2) is 59.0 Å². The number of furan rings is 1. The number of hydrogen-bond acceptors (Lipinski definition) is 7. The van der Waals surface area contributed by atoms with Crippen molar-refractivity contribution in [2.75, 3.05) is 25.1 Å². The Morgan fingerprint density at radius 3 is 2.38 bits per heavy atom. The van der Waals surface area contributed by atoms with E-state index in [0.717, 1.165) is 5.56 Å². The minimum atomic E-state index is -0.731. The Kier molecular flexibility index (Phi) is 10.5. The lowest BCUT2D eigenvalue weighted by molar-refractivity contribution is -0.141. The van der Waals surface area contributed by atoms with Gasteiger partial charge in [0.1, 0.15) is 23.9 Å². The summed E-state index contributed by atoms with van der Waals surface area (Å²) in [6.45, 7) is 6.92. The number of hydrogen-bond donors (Lipinski definition) is 2. The zero-order valence-corrected chi connectivity index (χ0v) is 27.4. The van der Waals surface area contributed by atoms with Gasteiger partial charge < -0.3 is 29.4 Å². The van der Waals surface area contributed by atoms with Gasteiger partial charge in [0.05, 0.1) is 12.6 Å². The van der Waals surface area contributed by atoms with Crippen LogP contribution in [0.2, 0.25) is 0 Å². The summed E-state index contributed by atoms with van der Waals surface area (Å²) in [6.07, 6.45) is 2.21. The third kappa shape index (κ3) is 8.12. The molecule has 252 valence electrons. The molecule has 5 rings (SSSR count). The third-order valence-electron chi connectivity index (χ3n) is 9.00. The lowest BCUT2D eigenvalue weighted by Gasteiger charge is -2.36. The van der Waals surface area contributed by atoms with Crippen LogP contribution in [-0.2, 0) is 19.1 Å². The van der Waals surface area contributed by atoms with E-state index in [1.54, 1.807) is 56.9 Å². The number of carbonyl (C=O) groups excluding carboxylic acids is 4. The summed E-state index contributed by atoms with van der Waals surface area (Å²) in [5.74, 6) is -1.48. The summed E-state index contributed by atoms with van der Waals surface area (Å²) in [7, 11) is 0. The third-order valence-corrected chi connectivity index (χ3v) is 9.00. The molecular weight excluding hydrogens is 605 g/mol. The maximum atomic E-state index is 14.0. The fraction of sp³-hybridized carbons (Fsp3) is 0.500. The monoisotopic (exact) mass is 649 g/mol. The Morgan fingerprint density at radius 2 is 1.72 bits per heavy atom. The molecule has 11 heteroatoms. The van der Waals surface area contributed by atoms with Crippen molar-refractivity contribution in [2.24, 2.45) is 11.8 Å². The van der Waals surface area contributed by atoms with Crippen LogP contribution in [0.1, 0.15) is 81.8 Å². The zero-order chi connectivity index (χ0) is 33.7. The van der Waals surface area contributed by atoms with Gasteiger partial charge in [-0.15, -0.1) is 0 Å². The Hall–Kier alpha value is -4.41. The molecule has 1 saturated carbocycles. The molecule has 10 nitrogen and oxygen atoms in total. The number of likely N-dealkylation sites (tertiary alicyclic amines) is 1. The molecule has 3 amide bonds. The fourth-order valence-corrected chi connectivity index (χ4v) is 6.80. The van der Waals surface area contributed by atoms with Crippen molar-refractivity contribution < 1.29 is 37.5 Å². The molecule has 47 heavy (non-hydrogen) atoms. The van der Waals surface area contributed by atoms with E-state index in [1.165, 1.54) is 0 Å². The first-order valence-corrected chi connectivity index (χ1v) is 16.4. The average Bonchev–Trinajstić information content (AvgIpc) is 3.68. The fourth-order valence-electron chi connectivity index (χ4n) is 6.80. The van der Waals surface area contributed by atoms with E-state index in [2.05, 4.69) is 10.6 Å². The van der Waals surface area contributed by atoms with E-state index in [9.17, 15) is 23.6 Å². The summed E-state index contributed by atoms with van der Waals surface area (Å²) >= 11 is 0. The van der Waals surface area contributed by atoms with Crippen LogP contribution in [-0.4, -0.2) is 66.3 Å². The summed E-state index contributed by atoms with van der Waals surface area (Å²) in [4.78, 5) is 54.2. The molecule has 0 radical (unpaired) electrons. The SMILES string of the molecule is CCOC(=O)c1cc2cc(NC(=O)[C@@H]3[C@H](c4ccccc4)CCN3C(=O)C3CCC([C@@H](CF)NC(=O)OC(C)(C)C)CC3)ccc2o1. The second kappa shape index (κ2) is 14.6. The van der Waals surface area contributed by atoms with Gasteiger partial charge in [0, 0.05) is 29.5 Å². The first-order chi connectivity index (χ1) is 22.5. The first kappa shape index (κ1) is 33.9. The van der Waals surface area contributed by atoms with E-state index in [0.29, 0.717) is 55.3 Å². The van der Waals surface area contributed by atoms with Gasteiger partial charge in [0.15, 0.2) is 0 Å². The number of rotatable bonds is 9. The van der Waals surface area contributed by atoms with Crippen LogP contribution in [0.25, 0.3) is 11.0 Å². The minimum absolute atomic E-state index is 0.0789. The number of nitrogens with zero attached hydrogens (tertiary/aromatic N) is 1. The second-order valence-corrected chi connectivity index (χ2v) is 13.4. The summed E-state index contributed by atoms with van der Waals surface area (Å²) in [6, 6.07) is 15.0. The molecule has 2 N–H and O–H groups in total. The molecule has 0 bridgehead atoms. The smallest absolute Gasteiger partial charge is 0.407 e. The van der Waals surface area contributed by atoms with E-state index in [4.69, 9.17) is 13.9 Å². The van der Waals surface area contributed by atoms with Gasteiger partial charge in [-0.05, 0) is 95.5 Å². The number of benzene rings is 2. The lowest BCUT2D eigenvalue weighted by atomic mass is 9.78. The van der Waals surface area contributed by atoms with Gasteiger partial charge in [0.2, 0.25) is 17.6 Å². The summed E-state index contributed by atoms with van der Waals surface area (Å²) in [5.41, 5.74) is 1.29. The van der Waals surface area contributed by atoms with Gasteiger partial charge in [-0.25, -0.2) is 14.0 Å². The highest BCUT2D eigenvalue weighted by molar-refractivity contribution is 6.00. The summed E-state index contributed by atoms with van der Waals surface area (Å²) in [5, 5.41) is 6.31. The highest BCUT2D eigenvalue weighted by Crippen LogP contribution is 2.39. The first-order valence-electron chi connectivity index (χ1n) is 16.4. The maximum Gasteiger partial charge on any atom is 0.407 e. The number of alkyl carbamates (subject to hydrolysis) is 1. The van der Waals surface area contributed by atoms with Crippen LogP contribution >= 0.6 is 0 Å². The minimum Gasteiger partial charge on any atom is -0.460 e. The molecule has 2 aromatic carbocycles. The van der Waals surface area contributed by atoms with Crippen LogP contribution < -0.4 is 10.6 Å². The van der Waals surface area contributed by atoms with E-state index in [-0.39, 0.29) is 41.9 Å². The van der Waals surface area contributed by atoms with Crippen molar-refractivity contribution in [3.05, 3.63) is 65.9 Å². The maximum absolute atomic E-state index is 14.0. The molecule has 3 atom stereocenters. The van der Waals surface area contributed by atoms with Crippen molar-refractivity contribution >= 4 is 40.5 Å². The van der Waals surface area contributed by atoms with Gasteiger partial charge in [-0.3, -0.25) is 9.59 Å². The highest BCUT2D eigenvalue weighted by atomic mass is 19.1. The number of carbonyl (C=O) groups is 4. The Balaban J connectivity index is 1.29. The second-order valence-electron chi connectivity index (χ2n) is 13.4. The van der Waals surface area contributed by atoms with Gasteiger partial charge in [-0.2, -0.15) is 0 Å². The highest BCUT2D eigenvalue weighted by Gasteiger charge is 2.45. The van der Waals surface area contributed by atoms with E-state index < -0.39 is 36.4 Å². The lowest BCUT2D eigenvalue weighted by Crippen LogP contribution is -2.49. The van der Waals surface area contributed by atoms with Gasteiger partial charge in [0.25, 0.3) is 0 Å². The van der Waals surface area contributed by atoms with Crippen LogP contribution in [0.3, 0.4) is 0 Å². The van der Waals surface area contributed by atoms with Crippen molar-refractivity contribution in [1.29, 1.82) is 0 Å². The number of ether oxygens (including phenoxy) is 2. The van der Waals surface area contributed by atoms with Crippen molar-refractivity contribution in [3.8, 4) is 0 Å². The van der Waals surface area contributed by atoms with E-state index >= 15 is 0 Å². The number of nitrogens with one attached hydrogen (secondary N) is 2. The van der Waals surface area contributed by atoms with Crippen LogP contribution in [0.5, 0.6) is 0 Å². The van der Waals surface area contributed by atoms with Gasteiger partial charge in [-0.1, -0.05) is 30.3 Å². The molecule has 2 heterocycles. The molecule has 1 aliphatic heterocycles. The average molecular weight is 650 g/mol.